The van der Waals surface area contributed by atoms with Crippen LogP contribution >= 0.6 is 0 Å². The molecule has 126 valence electrons. The lowest BCUT2D eigenvalue weighted by Gasteiger charge is -2.33. The number of nitrogens with zero attached hydrogens (tertiary/aromatic N) is 2. The van der Waals surface area contributed by atoms with Crippen LogP contribution in [-0.2, 0) is 4.79 Å². The van der Waals surface area contributed by atoms with Gasteiger partial charge in [0.25, 0.3) is 11.8 Å². The van der Waals surface area contributed by atoms with Crippen molar-refractivity contribution in [2.45, 2.75) is 31.7 Å². The minimum Gasteiger partial charge on any atom is -0.353 e. The SMILES string of the molecule is O=C(NC1CC1)C1CCN(CN2C(=O)c3ccccc3C2=O)CC1. The van der Waals surface area contributed by atoms with Crippen LogP contribution in [0.15, 0.2) is 24.3 Å². The van der Waals surface area contributed by atoms with Crippen molar-refractivity contribution in [3.05, 3.63) is 35.4 Å². The Labute approximate surface area is 140 Å². The minimum atomic E-state index is -0.218. The molecule has 0 unspecified atom stereocenters. The molecule has 3 aliphatic rings. The Morgan fingerprint density at radius 2 is 1.58 bits per heavy atom. The topological polar surface area (TPSA) is 69.7 Å². The maximum absolute atomic E-state index is 12.4. The highest BCUT2D eigenvalue weighted by Crippen LogP contribution is 2.25. The van der Waals surface area contributed by atoms with Crippen LogP contribution < -0.4 is 5.32 Å². The lowest BCUT2D eigenvalue weighted by molar-refractivity contribution is -0.126. The van der Waals surface area contributed by atoms with Crippen LogP contribution in [0.5, 0.6) is 0 Å². The Morgan fingerprint density at radius 1 is 1.00 bits per heavy atom. The van der Waals surface area contributed by atoms with Gasteiger partial charge in [-0.25, -0.2) is 0 Å². The van der Waals surface area contributed by atoms with Crippen LogP contribution in [0.4, 0.5) is 0 Å². The molecule has 0 spiro atoms. The third kappa shape index (κ3) is 2.82. The van der Waals surface area contributed by atoms with E-state index in [2.05, 4.69) is 10.2 Å². The number of benzene rings is 1. The lowest BCUT2D eigenvalue weighted by atomic mass is 9.96. The number of hydrogen-bond donors (Lipinski definition) is 1. The molecule has 0 aromatic heterocycles. The van der Waals surface area contributed by atoms with Crippen LogP contribution in [0.3, 0.4) is 0 Å². The van der Waals surface area contributed by atoms with E-state index in [1.165, 1.54) is 4.90 Å². The second kappa shape index (κ2) is 6.02. The Bertz CT molecular complexity index is 656. The van der Waals surface area contributed by atoms with E-state index in [1.54, 1.807) is 24.3 Å². The number of rotatable bonds is 4. The molecular weight excluding hydrogens is 306 g/mol. The molecule has 0 atom stereocenters. The first-order chi connectivity index (χ1) is 11.6. The van der Waals surface area contributed by atoms with E-state index in [-0.39, 0.29) is 23.6 Å². The third-order valence-electron chi connectivity index (χ3n) is 5.10. The van der Waals surface area contributed by atoms with Crippen molar-refractivity contribution in [1.82, 2.24) is 15.1 Å². The fourth-order valence-electron chi connectivity index (χ4n) is 3.45. The van der Waals surface area contributed by atoms with Crippen molar-refractivity contribution in [1.29, 1.82) is 0 Å². The van der Waals surface area contributed by atoms with Gasteiger partial charge in [0.1, 0.15) is 0 Å². The zero-order valence-corrected chi connectivity index (χ0v) is 13.5. The van der Waals surface area contributed by atoms with Crippen LogP contribution in [0.1, 0.15) is 46.4 Å². The van der Waals surface area contributed by atoms with Gasteiger partial charge in [-0.05, 0) is 37.8 Å². The third-order valence-corrected chi connectivity index (χ3v) is 5.10. The number of piperidine rings is 1. The highest BCUT2D eigenvalue weighted by molar-refractivity contribution is 6.21. The van der Waals surface area contributed by atoms with Crippen molar-refractivity contribution < 1.29 is 14.4 Å². The Balaban J connectivity index is 1.33. The van der Waals surface area contributed by atoms with Gasteiger partial charge in [-0.3, -0.25) is 24.2 Å². The molecule has 1 saturated heterocycles. The molecule has 4 rings (SSSR count). The molecule has 1 N–H and O–H groups in total. The quantitative estimate of drug-likeness (QED) is 0.845. The van der Waals surface area contributed by atoms with Gasteiger partial charge < -0.3 is 5.32 Å². The molecule has 0 bridgehead atoms. The average molecular weight is 327 g/mol. The van der Waals surface area contributed by atoms with Gasteiger partial charge >= 0.3 is 0 Å². The first-order valence-electron chi connectivity index (χ1n) is 8.61. The largest absolute Gasteiger partial charge is 0.353 e. The summed E-state index contributed by atoms with van der Waals surface area (Å²) in [4.78, 5) is 40.3. The first kappa shape index (κ1) is 15.3. The van der Waals surface area contributed by atoms with Crippen LogP contribution in [0, 0.1) is 5.92 Å². The molecule has 2 aliphatic heterocycles. The van der Waals surface area contributed by atoms with Gasteiger partial charge in [0.15, 0.2) is 0 Å². The monoisotopic (exact) mass is 327 g/mol. The molecule has 1 aliphatic carbocycles. The van der Waals surface area contributed by atoms with Gasteiger partial charge in [0, 0.05) is 25.0 Å². The fraction of sp³-hybridized carbons (Fsp3) is 0.500. The highest BCUT2D eigenvalue weighted by Gasteiger charge is 2.37. The highest BCUT2D eigenvalue weighted by atomic mass is 16.2. The lowest BCUT2D eigenvalue weighted by Crippen LogP contribution is -2.46. The van der Waals surface area contributed by atoms with Gasteiger partial charge in [-0.15, -0.1) is 0 Å². The summed E-state index contributed by atoms with van der Waals surface area (Å²) in [7, 11) is 0. The van der Waals surface area contributed by atoms with Crippen LogP contribution in [-0.4, -0.2) is 53.3 Å². The normalized spacial score (nSPS) is 21.9. The summed E-state index contributed by atoms with van der Waals surface area (Å²) < 4.78 is 0. The Morgan fingerprint density at radius 3 is 2.12 bits per heavy atom. The molecule has 1 aromatic rings. The maximum atomic E-state index is 12.4. The smallest absolute Gasteiger partial charge is 0.262 e. The average Bonchev–Trinajstić information content (AvgIpc) is 3.39. The molecule has 2 fully saturated rings. The number of carbonyl (C=O) groups excluding carboxylic acids is 3. The molecular formula is C18H21N3O3. The number of imide groups is 1. The van der Waals surface area contributed by atoms with Crippen molar-refractivity contribution in [3.63, 3.8) is 0 Å². The summed E-state index contributed by atoms with van der Waals surface area (Å²) in [5.41, 5.74) is 0.974. The van der Waals surface area contributed by atoms with Gasteiger partial charge in [0.2, 0.25) is 5.91 Å². The van der Waals surface area contributed by atoms with Crippen molar-refractivity contribution in [3.8, 4) is 0 Å². The second-order valence-corrected chi connectivity index (χ2v) is 6.90. The zero-order valence-electron chi connectivity index (χ0n) is 13.5. The van der Waals surface area contributed by atoms with Gasteiger partial charge in [-0.1, -0.05) is 12.1 Å². The summed E-state index contributed by atoms with van der Waals surface area (Å²) in [6.07, 6.45) is 3.76. The summed E-state index contributed by atoms with van der Waals surface area (Å²) >= 11 is 0. The van der Waals surface area contributed by atoms with E-state index in [1.807, 2.05) is 0 Å². The number of hydrogen-bond acceptors (Lipinski definition) is 4. The predicted octanol–water partition coefficient (Wildman–Crippen LogP) is 1.23. The summed E-state index contributed by atoms with van der Waals surface area (Å²) in [5.74, 6) is -0.213. The fourth-order valence-corrected chi connectivity index (χ4v) is 3.45. The summed E-state index contributed by atoms with van der Waals surface area (Å²) in [6, 6.07) is 7.34. The van der Waals surface area contributed by atoms with E-state index < -0.39 is 0 Å². The minimum absolute atomic E-state index is 0.0593. The summed E-state index contributed by atoms with van der Waals surface area (Å²) in [5, 5.41) is 3.06. The second-order valence-electron chi connectivity index (χ2n) is 6.90. The molecule has 1 aromatic carbocycles. The van der Waals surface area contributed by atoms with E-state index in [0.29, 0.717) is 23.8 Å². The molecule has 0 radical (unpaired) electrons. The zero-order chi connectivity index (χ0) is 16.7. The number of fused-ring (bicyclic) bond motifs is 1. The number of amides is 3. The first-order valence-corrected chi connectivity index (χ1v) is 8.61. The van der Waals surface area contributed by atoms with Crippen molar-refractivity contribution in [2.24, 2.45) is 5.92 Å². The molecule has 2 heterocycles. The van der Waals surface area contributed by atoms with E-state index >= 15 is 0 Å². The van der Waals surface area contributed by atoms with Gasteiger partial charge in [-0.2, -0.15) is 0 Å². The standard InChI is InChI=1S/C18H21N3O3/c22-16(19-13-5-6-13)12-7-9-20(10-8-12)11-21-17(23)14-3-1-2-4-15(14)18(21)24/h1-4,12-13H,5-11H2,(H,19,22). The molecule has 1 saturated carbocycles. The molecule has 24 heavy (non-hydrogen) atoms. The number of carbonyl (C=O) groups is 3. The molecule has 6 heteroatoms. The predicted molar refractivity (Wildman–Crippen MR) is 87.3 cm³/mol. The number of likely N-dealkylation sites (tertiary alicyclic amines) is 1. The van der Waals surface area contributed by atoms with E-state index in [0.717, 1.165) is 38.8 Å². The van der Waals surface area contributed by atoms with Gasteiger partial charge in [0.05, 0.1) is 17.8 Å². The Hall–Kier alpha value is -2.21. The Kier molecular flexibility index (Phi) is 3.84. The summed E-state index contributed by atoms with van der Waals surface area (Å²) in [6.45, 7) is 1.77. The van der Waals surface area contributed by atoms with Crippen molar-refractivity contribution >= 4 is 17.7 Å². The van der Waals surface area contributed by atoms with Crippen LogP contribution in [0.2, 0.25) is 0 Å². The maximum Gasteiger partial charge on any atom is 0.262 e. The van der Waals surface area contributed by atoms with Crippen LogP contribution in [0.25, 0.3) is 0 Å². The molecule has 6 nitrogen and oxygen atoms in total. The van der Waals surface area contributed by atoms with E-state index in [9.17, 15) is 14.4 Å². The molecule has 3 amide bonds. The van der Waals surface area contributed by atoms with E-state index in [4.69, 9.17) is 0 Å². The van der Waals surface area contributed by atoms with Crippen molar-refractivity contribution in [2.75, 3.05) is 19.8 Å². The number of nitrogens with one attached hydrogen (secondary N) is 1.